The van der Waals surface area contributed by atoms with Crippen LogP contribution in [0.2, 0.25) is 5.28 Å². The zero-order chi connectivity index (χ0) is 15.4. The number of ether oxygens (including phenoxy) is 1. The second kappa shape index (κ2) is 6.31. The second-order valence-corrected chi connectivity index (χ2v) is 4.42. The summed E-state index contributed by atoms with van der Waals surface area (Å²) in [4.78, 5) is 22.1. The number of hydrogen-bond donors (Lipinski definition) is 1. The molecule has 1 aromatic carbocycles. The van der Waals surface area contributed by atoms with Crippen molar-refractivity contribution in [1.82, 2.24) is 15.0 Å². The number of rotatable bonds is 5. The molecule has 8 nitrogen and oxygen atoms in total. The highest BCUT2D eigenvalue weighted by Gasteiger charge is 2.13. The van der Waals surface area contributed by atoms with E-state index in [1.54, 1.807) is 19.1 Å². The fraction of sp³-hybridized carbons (Fsp3) is 0.250. The molecule has 0 spiro atoms. The highest BCUT2D eigenvalue weighted by molar-refractivity contribution is 6.28. The van der Waals surface area contributed by atoms with Crippen LogP contribution in [-0.2, 0) is 6.54 Å². The Kier molecular flexibility index (Phi) is 4.49. The molecule has 0 radical (unpaired) electrons. The van der Waals surface area contributed by atoms with Crippen LogP contribution in [0.15, 0.2) is 18.2 Å². The van der Waals surface area contributed by atoms with Crippen LogP contribution in [0.3, 0.4) is 0 Å². The largest absolute Gasteiger partial charge is 0.467 e. The summed E-state index contributed by atoms with van der Waals surface area (Å²) in [7, 11) is 1.42. The molecule has 1 heterocycles. The Bertz CT molecular complexity index is 680. The van der Waals surface area contributed by atoms with Crippen molar-refractivity contribution in [3.8, 4) is 6.01 Å². The molecule has 0 saturated carbocycles. The van der Waals surface area contributed by atoms with Gasteiger partial charge in [-0.3, -0.25) is 10.1 Å². The number of hydrogen-bond acceptors (Lipinski definition) is 7. The minimum atomic E-state index is -0.415. The minimum absolute atomic E-state index is 0.000106. The van der Waals surface area contributed by atoms with Crippen LogP contribution in [0.5, 0.6) is 6.01 Å². The lowest BCUT2D eigenvalue weighted by atomic mass is 10.1. The van der Waals surface area contributed by atoms with Crippen molar-refractivity contribution in [2.45, 2.75) is 13.5 Å². The summed E-state index contributed by atoms with van der Waals surface area (Å²) >= 11 is 5.74. The van der Waals surface area contributed by atoms with E-state index in [1.165, 1.54) is 13.2 Å². The van der Waals surface area contributed by atoms with Gasteiger partial charge >= 0.3 is 6.01 Å². The van der Waals surface area contributed by atoms with Crippen molar-refractivity contribution >= 4 is 23.2 Å². The fourth-order valence-corrected chi connectivity index (χ4v) is 1.89. The van der Waals surface area contributed by atoms with Gasteiger partial charge in [-0.05, 0) is 24.1 Å². The van der Waals surface area contributed by atoms with E-state index in [-0.39, 0.29) is 22.9 Å². The molecule has 9 heteroatoms. The summed E-state index contributed by atoms with van der Waals surface area (Å²) in [6.07, 6.45) is 0. The fourth-order valence-electron chi connectivity index (χ4n) is 1.74. The van der Waals surface area contributed by atoms with Gasteiger partial charge in [-0.1, -0.05) is 12.1 Å². The van der Waals surface area contributed by atoms with Gasteiger partial charge < -0.3 is 10.1 Å². The van der Waals surface area contributed by atoms with Crippen molar-refractivity contribution in [2.75, 3.05) is 12.4 Å². The zero-order valence-corrected chi connectivity index (χ0v) is 12.1. The van der Waals surface area contributed by atoms with Gasteiger partial charge in [-0.2, -0.15) is 15.0 Å². The third-order valence-corrected chi connectivity index (χ3v) is 2.99. The lowest BCUT2D eigenvalue weighted by molar-refractivity contribution is -0.385. The molecule has 0 fully saturated rings. The Labute approximate surface area is 125 Å². The maximum atomic E-state index is 10.9. The van der Waals surface area contributed by atoms with Crippen LogP contribution in [0.4, 0.5) is 11.6 Å². The lowest BCUT2D eigenvalue weighted by Gasteiger charge is -2.08. The van der Waals surface area contributed by atoms with Gasteiger partial charge in [0.05, 0.1) is 12.0 Å². The Morgan fingerprint density at radius 3 is 2.81 bits per heavy atom. The summed E-state index contributed by atoms with van der Waals surface area (Å²) < 4.78 is 4.89. The van der Waals surface area contributed by atoms with Gasteiger partial charge in [0.2, 0.25) is 11.2 Å². The highest BCUT2D eigenvalue weighted by atomic mass is 35.5. The topological polar surface area (TPSA) is 103 Å². The molecule has 0 atom stereocenters. The van der Waals surface area contributed by atoms with Gasteiger partial charge in [0.1, 0.15) is 0 Å². The van der Waals surface area contributed by atoms with E-state index >= 15 is 0 Å². The van der Waals surface area contributed by atoms with E-state index in [1.807, 2.05) is 0 Å². The second-order valence-electron chi connectivity index (χ2n) is 4.09. The molecular formula is C12H12ClN5O3. The van der Waals surface area contributed by atoms with Crippen LogP contribution in [0.1, 0.15) is 11.1 Å². The Morgan fingerprint density at radius 2 is 2.14 bits per heavy atom. The molecule has 2 aromatic rings. The minimum Gasteiger partial charge on any atom is -0.467 e. The molecule has 0 saturated heterocycles. The van der Waals surface area contributed by atoms with E-state index in [0.29, 0.717) is 12.1 Å². The molecule has 1 N–H and O–H groups in total. The number of halogens is 1. The van der Waals surface area contributed by atoms with Gasteiger partial charge in [-0.15, -0.1) is 0 Å². The van der Waals surface area contributed by atoms with Crippen LogP contribution in [-0.4, -0.2) is 27.0 Å². The van der Waals surface area contributed by atoms with E-state index in [0.717, 1.165) is 5.56 Å². The van der Waals surface area contributed by atoms with Crippen molar-refractivity contribution in [3.05, 3.63) is 44.7 Å². The molecule has 0 amide bonds. The Balaban J connectivity index is 2.19. The average Bonchev–Trinajstić information content (AvgIpc) is 2.45. The number of methoxy groups -OCH3 is 1. The number of nitro groups is 1. The van der Waals surface area contributed by atoms with Crippen molar-refractivity contribution in [1.29, 1.82) is 0 Å². The molecule has 21 heavy (non-hydrogen) atoms. The summed E-state index contributed by atoms with van der Waals surface area (Å²) in [5, 5.41) is 13.8. The van der Waals surface area contributed by atoms with E-state index in [4.69, 9.17) is 16.3 Å². The van der Waals surface area contributed by atoms with E-state index in [2.05, 4.69) is 20.3 Å². The molecule has 0 aliphatic carbocycles. The van der Waals surface area contributed by atoms with Crippen molar-refractivity contribution in [3.63, 3.8) is 0 Å². The maximum Gasteiger partial charge on any atom is 0.322 e. The third-order valence-electron chi connectivity index (χ3n) is 2.82. The van der Waals surface area contributed by atoms with Gasteiger partial charge in [0.15, 0.2) is 0 Å². The first-order chi connectivity index (χ1) is 10.0. The Morgan fingerprint density at radius 1 is 1.38 bits per heavy atom. The number of anilines is 1. The summed E-state index contributed by atoms with van der Waals surface area (Å²) in [6, 6.07) is 4.97. The first-order valence-corrected chi connectivity index (χ1v) is 6.31. The predicted molar refractivity (Wildman–Crippen MR) is 76.5 cm³/mol. The van der Waals surface area contributed by atoms with E-state index in [9.17, 15) is 10.1 Å². The highest BCUT2D eigenvalue weighted by Crippen LogP contribution is 2.21. The third kappa shape index (κ3) is 3.54. The van der Waals surface area contributed by atoms with Crippen molar-refractivity contribution < 1.29 is 9.66 Å². The van der Waals surface area contributed by atoms with Crippen LogP contribution in [0.25, 0.3) is 0 Å². The SMILES string of the molecule is COc1nc(Cl)nc(NCc2cccc([N+](=O)[O-])c2C)n1. The van der Waals surface area contributed by atoms with E-state index < -0.39 is 4.92 Å². The molecule has 2 rings (SSSR count). The predicted octanol–water partition coefficient (Wildman–Crippen LogP) is 2.36. The molecule has 0 aliphatic rings. The van der Waals surface area contributed by atoms with Crippen LogP contribution < -0.4 is 10.1 Å². The van der Waals surface area contributed by atoms with Gasteiger partial charge in [0, 0.05) is 18.2 Å². The number of nitrogens with zero attached hydrogens (tertiary/aromatic N) is 4. The monoisotopic (exact) mass is 309 g/mol. The molecular weight excluding hydrogens is 298 g/mol. The molecule has 0 aliphatic heterocycles. The zero-order valence-electron chi connectivity index (χ0n) is 11.3. The summed E-state index contributed by atoms with van der Waals surface area (Å²) in [5.74, 6) is 0.234. The normalized spacial score (nSPS) is 10.2. The van der Waals surface area contributed by atoms with Crippen LogP contribution in [0, 0.1) is 17.0 Å². The number of benzene rings is 1. The van der Waals surface area contributed by atoms with Gasteiger partial charge in [0.25, 0.3) is 5.69 Å². The molecule has 0 unspecified atom stereocenters. The van der Waals surface area contributed by atoms with Gasteiger partial charge in [-0.25, -0.2) is 0 Å². The number of nitrogens with one attached hydrogen (secondary N) is 1. The number of nitro benzene ring substituents is 1. The smallest absolute Gasteiger partial charge is 0.322 e. The average molecular weight is 310 g/mol. The summed E-state index contributed by atoms with van der Waals surface area (Å²) in [6.45, 7) is 2.01. The molecule has 1 aromatic heterocycles. The number of aromatic nitrogens is 3. The standard InChI is InChI=1S/C12H12ClN5O3/c1-7-8(4-3-5-9(7)18(19)20)6-14-11-15-10(13)16-12(17-11)21-2/h3-5H,6H2,1-2H3,(H,14,15,16,17). The van der Waals surface area contributed by atoms with Crippen molar-refractivity contribution in [2.24, 2.45) is 0 Å². The Hall–Kier alpha value is -2.48. The maximum absolute atomic E-state index is 10.9. The first-order valence-electron chi connectivity index (χ1n) is 5.93. The quantitative estimate of drug-likeness (QED) is 0.668. The first kappa shape index (κ1) is 14.9. The molecule has 0 bridgehead atoms. The lowest BCUT2D eigenvalue weighted by Crippen LogP contribution is -2.07. The molecule has 110 valence electrons. The summed E-state index contributed by atoms with van der Waals surface area (Å²) in [5.41, 5.74) is 1.42. The van der Waals surface area contributed by atoms with Crippen LogP contribution >= 0.6 is 11.6 Å².